The zero-order chi connectivity index (χ0) is 15.2. The molecule has 0 aliphatic heterocycles. The molecule has 1 aromatic rings. The highest BCUT2D eigenvalue weighted by Gasteiger charge is 2.22. The number of halogens is 1. The van der Waals surface area contributed by atoms with Gasteiger partial charge in [0.1, 0.15) is 0 Å². The molecule has 0 heterocycles. The third kappa shape index (κ3) is 5.13. The fourth-order valence-electron chi connectivity index (χ4n) is 2.42. The first-order valence-corrected chi connectivity index (χ1v) is 7.82. The van der Waals surface area contributed by atoms with E-state index >= 15 is 0 Å². The van der Waals surface area contributed by atoms with Gasteiger partial charge in [0, 0.05) is 16.6 Å². The van der Waals surface area contributed by atoms with E-state index in [9.17, 15) is 14.7 Å². The van der Waals surface area contributed by atoms with Crippen LogP contribution in [-0.4, -0.2) is 36.1 Å². The molecule has 6 heteroatoms. The van der Waals surface area contributed by atoms with Crippen LogP contribution in [0.15, 0.2) is 28.7 Å². The summed E-state index contributed by atoms with van der Waals surface area (Å²) in [6.45, 7) is 0.522. The van der Waals surface area contributed by atoms with E-state index in [1.807, 2.05) is 0 Å². The molecule has 1 saturated carbocycles. The first kappa shape index (κ1) is 16.0. The molecule has 0 radical (unpaired) electrons. The van der Waals surface area contributed by atoms with Gasteiger partial charge in [0.2, 0.25) is 5.91 Å². The molecule has 2 rings (SSSR count). The molecule has 1 aliphatic rings. The number of nitrogens with one attached hydrogen (secondary N) is 2. The topological polar surface area (TPSA) is 78.4 Å². The van der Waals surface area contributed by atoms with E-state index in [1.54, 1.807) is 24.3 Å². The van der Waals surface area contributed by atoms with Crippen molar-refractivity contribution in [3.8, 4) is 0 Å². The number of aliphatic hydroxyl groups excluding tert-OH is 1. The Labute approximate surface area is 132 Å². The van der Waals surface area contributed by atoms with Crippen LogP contribution in [0, 0.1) is 5.92 Å². The van der Waals surface area contributed by atoms with Crippen molar-refractivity contribution in [3.05, 3.63) is 34.3 Å². The van der Waals surface area contributed by atoms with Gasteiger partial charge in [-0.25, -0.2) is 0 Å². The van der Waals surface area contributed by atoms with Crippen molar-refractivity contribution in [1.82, 2.24) is 10.6 Å². The number of benzene rings is 1. The predicted molar refractivity (Wildman–Crippen MR) is 82.8 cm³/mol. The van der Waals surface area contributed by atoms with Crippen LogP contribution in [0.3, 0.4) is 0 Å². The normalized spacial score (nSPS) is 21.0. The van der Waals surface area contributed by atoms with E-state index in [2.05, 4.69) is 26.6 Å². The lowest BCUT2D eigenvalue weighted by Crippen LogP contribution is -2.38. The SMILES string of the molecule is O=C(CNC(=O)c1ccc(Br)cc1)NCC1CCC(O)C1. The fraction of sp³-hybridized carbons (Fsp3) is 0.467. The molecule has 114 valence electrons. The Morgan fingerprint density at radius 3 is 2.52 bits per heavy atom. The molecular weight excluding hydrogens is 336 g/mol. The van der Waals surface area contributed by atoms with Crippen LogP contribution in [0.1, 0.15) is 29.6 Å². The molecule has 1 fully saturated rings. The van der Waals surface area contributed by atoms with Gasteiger partial charge in [-0.1, -0.05) is 15.9 Å². The standard InChI is InChI=1S/C15H19BrN2O3/c16-12-4-2-11(3-5-12)15(21)18-9-14(20)17-8-10-1-6-13(19)7-10/h2-5,10,13,19H,1,6-9H2,(H,17,20)(H,18,21). The van der Waals surface area contributed by atoms with Crippen molar-refractivity contribution in [2.75, 3.05) is 13.1 Å². The number of aliphatic hydroxyl groups is 1. The second-order valence-corrected chi connectivity index (χ2v) is 6.24. The number of carbonyl (C=O) groups excluding carboxylic acids is 2. The van der Waals surface area contributed by atoms with Crippen LogP contribution in [0.2, 0.25) is 0 Å². The zero-order valence-corrected chi connectivity index (χ0v) is 13.2. The van der Waals surface area contributed by atoms with Crippen LogP contribution in [-0.2, 0) is 4.79 Å². The highest BCUT2D eigenvalue weighted by molar-refractivity contribution is 9.10. The molecule has 3 N–H and O–H groups in total. The van der Waals surface area contributed by atoms with Crippen molar-refractivity contribution in [2.45, 2.75) is 25.4 Å². The lowest BCUT2D eigenvalue weighted by Gasteiger charge is -2.11. The summed E-state index contributed by atoms with van der Waals surface area (Å²) < 4.78 is 0.899. The Morgan fingerprint density at radius 2 is 1.90 bits per heavy atom. The van der Waals surface area contributed by atoms with Gasteiger partial charge in [-0.2, -0.15) is 0 Å². The van der Waals surface area contributed by atoms with Crippen LogP contribution < -0.4 is 10.6 Å². The van der Waals surface area contributed by atoms with Crippen LogP contribution in [0.4, 0.5) is 0 Å². The van der Waals surface area contributed by atoms with Crippen LogP contribution in [0.25, 0.3) is 0 Å². The van der Waals surface area contributed by atoms with E-state index in [4.69, 9.17) is 0 Å². The first-order valence-electron chi connectivity index (χ1n) is 7.03. The maximum atomic E-state index is 11.8. The second-order valence-electron chi connectivity index (χ2n) is 5.33. The fourth-order valence-corrected chi connectivity index (χ4v) is 2.68. The van der Waals surface area contributed by atoms with Gasteiger partial charge in [0.15, 0.2) is 0 Å². The van der Waals surface area contributed by atoms with Gasteiger partial charge in [0.25, 0.3) is 5.91 Å². The van der Waals surface area contributed by atoms with Gasteiger partial charge < -0.3 is 15.7 Å². The van der Waals surface area contributed by atoms with Crippen LogP contribution >= 0.6 is 15.9 Å². The van der Waals surface area contributed by atoms with E-state index in [1.165, 1.54) is 0 Å². The largest absolute Gasteiger partial charge is 0.393 e. The monoisotopic (exact) mass is 354 g/mol. The molecule has 5 nitrogen and oxygen atoms in total. The summed E-state index contributed by atoms with van der Waals surface area (Å²) in [5.41, 5.74) is 0.518. The number of amides is 2. The maximum Gasteiger partial charge on any atom is 0.251 e. The lowest BCUT2D eigenvalue weighted by atomic mass is 10.1. The maximum absolute atomic E-state index is 11.8. The van der Waals surface area contributed by atoms with Gasteiger partial charge >= 0.3 is 0 Å². The molecule has 0 bridgehead atoms. The average molecular weight is 355 g/mol. The quantitative estimate of drug-likeness (QED) is 0.748. The van der Waals surface area contributed by atoms with Gasteiger partial charge in [-0.15, -0.1) is 0 Å². The first-order chi connectivity index (χ1) is 10.0. The van der Waals surface area contributed by atoms with Gasteiger partial charge in [-0.05, 0) is 49.4 Å². The summed E-state index contributed by atoms with van der Waals surface area (Å²) in [6, 6.07) is 6.94. The number of hydrogen-bond acceptors (Lipinski definition) is 3. The van der Waals surface area contributed by atoms with Crippen molar-refractivity contribution < 1.29 is 14.7 Å². The molecule has 1 aliphatic carbocycles. The van der Waals surface area contributed by atoms with Gasteiger partial charge in [0.05, 0.1) is 12.6 Å². The highest BCUT2D eigenvalue weighted by atomic mass is 79.9. The summed E-state index contributed by atoms with van der Waals surface area (Å²) >= 11 is 3.30. The average Bonchev–Trinajstić information content (AvgIpc) is 2.89. The van der Waals surface area contributed by atoms with Crippen molar-refractivity contribution in [1.29, 1.82) is 0 Å². The smallest absolute Gasteiger partial charge is 0.251 e. The number of carbonyl (C=O) groups is 2. The number of rotatable bonds is 5. The minimum absolute atomic E-state index is 0.0375. The Balaban J connectivity index is 1.68. The van der Waals surface area contributed by atoms with Crippen molar-refractivity contribution in [3.63, 3.8) is 0 Å². The minimum Gasteiger partial charge on any atom is -0.393 e. The Morgan fingerprint density at radius 1 is 1.19 bits per heavy atom. The summed E-state index contributed by atoms with van der Waals surface area (Å²) in [7, 11) is 0. The predicted octanol–water partition coefficient (Wildman–Crippen LogP) is 1.46. The molecule has 1 aromatic carbocycles. The lowest BCUT2D eigenvalue weighted by molar-refractivity contribution is -0.120. The Bertz CT molecular complexity index is 504. The highest BCUT2D eigenvalue weighted by Crippen LogP contribution is 2.24. The van der Waals surface area contributed by atoms with E-state index in [0.717, 1.165) is 23.7 Å². The summed E-state index contributed by atoms with van der Waals surface area (Å²) in [4.78, 5) is 23.5. The Hall–Kier alpha value is -1.40. The zero-order valence-electron chi connectivity index (χ0n) is 11.6. The van der Waals surface area contributed by atoms with Crippen LogP contribution in [0.5, 0.6) is 0 Å². The minimum atomic E-state index is -0.270. The molecule has 0 spiro atoms. The molecule has 2 unspecified atom stereocenters. The molecule has 2 amide bonds. The molecule has 0 saturated heterocycles. The summed E-state index contributed by atoms with van der Waals surface area (Å²) in [5.74, 6) is -0.137. The molecule has 2 atom stereocenters. The molecule has 0 aromatic heterocycles. The van der Waals surface area contributed by atoms with Crippen molar-refractivity contribution in [2.24, 2.45) is 5.92 Å². The van der Waals surface area contributed by atoms with Crippen molar-refractivity contribution >= 4 is 27.7 Å². The number of hydrogen-bond donors (Lipinski definition) is 3. The Kier molecular flexibility index (Phi) is 5.76. The summed E-state index contributed by atoms with van der Waals surface area (Å²) in [5, 5.41) is 14.8. The molecule has 21 heavy (non-hydrogen) atoms. The van der Waals surface area contributed by atoms with E-state index < -0.39 is 0 Å². The van der Waals surface area contributed by atoms with Gasteiger partial charge in [-0.3, -0.25) is 9.59 Å². The third-order valence-electron chi connectivity index (χ3n) is 3.62. The van der Waals surface area contributed by atoms with E-state index in [0.29, 0.717) is 18.0 Å². The third-order valence-corrected chi connectivity index (χ3v) is 4.15. The second kappa shape index (κ2) is 7.56. The summed E-state index contributed by atoms with van der Waals surface area (Å²) in [6.07, 6.45) is 2.25. The molecular formula is C15H19BrN2O3. The van der Waals surface area contributed by atoms with E-state index in [-0.39, 0.29) is 24.5 Å².